The summed E-state index contributed by atoms with van der Waals surface area (Å²) in [4.78, 5) is 11.3. The Morgan fingerprint density at radius 3 is 2.75 bits per heavy atom. The quantitative estimate of drug-likeness (QED) is 0.379. The molecule has 1 aliphatic heterocycles. The molecule has 0 aromatic rings. The van der Waals surface area contributed by atoms with Crippen LogP contribution in [0.5, 0.6) is 0 Å². The Labute approximate surface area is 76.3 Å². The molecule has 0 saturated carbocycles. The second-order valence-electron chi connectivity index (χ2n) is 3.57. The van der Waals surface area contributed by atoms with E-state index in [4.69, 9.17) is 8.92 Å². The minimum Gasteiger partial charge on any atom is -0.459 e. The molecule has 0 aromatic carbocycles. The lowest BCUT2D eigenvalue weighted by Crippen LogP contribution is -2.37. The van der Waals surface area contributed by atoms with E-state index < -0.39 is 5.60 Å². The lowest BCUT2D eigenvalue weighted by Gasteiger charge is -2.21. The zero-order chi connectivity index (χ0) is 9.19. The van der Waals surface area contributed by atoms with E-state index in [1.54, 1.807) is 0 Å². The average Bonchev–Trinajstić information content (AvgIpc) is 2.32. The molecule has 1 saturated heterocycles. The largest absolute Gasteiger partial charge is 0.459 e. The zero-order valence-corrected chi connectivity index (χ0v) is 8.23. The first-order chi connectivity index (χ1) is 5.49. The summed E-state index contributed by atoms with van der Waals surface area (Å²) >= 11 is 1.09. The molecule has 5 heteroatoms. The van der Waals surface area contributed by atoms with E-state index in [1.807, 2.05) is 20.8 Å². The second-order valence-corrected chi connectivity index (χ2v) is 4.21. The van der Waals surface area contributed by atoms with Gasteiger partial charge in [-0.2, -0.15) is 0 Å². The molecular formula is C7H13NO3S. The molecule has 0 bridgehead atoms. The van der Waals surface area contributed by atoms with Crippen molar-refractivity contribution < 1.29 is 13.7 Å². The monoisotopic (exact) mass is 191 g/mol. The Morgan fingerprint density at radius 2 is 2.33 bits per heavy atom. The number of carbonyl (C=O) groups is 1. The standard InChI is InChI=1S/C7H13NO3S/c1-7(2,3)11-6(9)5-4-10-12-8-5/h5,8H,4H2,1-3H3. The van der Waals surface area contributed by atoms with E-state index in [0.717, 1.165) is 12.2 Å². The molecule has 1 atom stereocenters. The Kier molecular flexibility index (Phi) is 2.98. The van der Waals surface area contributed by atoms with E-state index >= 15 is 0 Å². The van der Waals surface area contributed by atoms with Crippen LogP contribution in [0.3, 0.4) is 0 Å². The van der Waals surface area contributed by atoms with E-state index in [9.17, 15) is 4.79 Å². The minimum atomic E-state index is -0.425. The number of rotatable bonds is 1. The molecule has 1 fully saturated rings. The highest BCUT2D eigenvalue weighted by Crippen LogP contribution is 2.14. The van der Waals surface area contributed by atoms with Crippen LogP contribution < -0.4 is 4.72 Å². The molecule has 1 heterocycles. The predicted octanol–water partition coefficient (Wildman–Crippen LogP) is 0.880. The van der Waals surface area contributed by atoms with Gasteiger partial charge in [-0.1, -0.05) is 0 Å². The normalized spacial score (nSPS) is 24.1. The fourth-order valence-corrected chi connectivity index (χ4v) is 1.27. The molecule has 0 aromatic heterocycles. The number of nitrogens with one attached hydrogen (secondary N) is 1. The maximum absolute atomic E-state index is 11.3. The van der Waals surface area contributed by atoms with Crippen molar-refractivity contribution in [3.63, 3.8) is 0 Å². The van der Waals surface area contributed by atoms with Crippen molar-refractivity contribution in [2.75, 3.05) is 6.61 Å². The smallest absolute Gasteiger partial charge is 0.327 e. The highest BCUT2D eigenvalue weighted by atomic mass is 32.2. The van der Waals surface area contributed by atoms with Gasteiger partial charge in [-0.25, -0.2) is 4.72 Å². The van der Waals surface area contributed by atoms with E-state index in [2.05, 4.69) is 4.72 Å². The molecule has 70 valence electrons. The summed E-state index contributed by atoms with van der Waals surface area (Å²) < 4.78 is 12.8. The molecule has 0 aliphatic carbocycles. The number of carbonyl (C=O) groups excluding carboxylic acids is 1. The topological polar surface area (TPSA) is 47.6 Å². The van der Waals surface area contributed by atoms with Crippen molar-refractivity contribution in [3.8, 4) is 0 Å². The van der Waals surface area contributed by atoms with Crippen LogP contribution in [0.25, 0.3) is 0 Å². The lowest BCUT2D eigenvalue weighted by atomic mass is 10.2. The van der Waals surface area contributed by atoms with E-state index in [-0.39, 0.29) is 12.0 Å². The van der Waals surface area contributed by atoms with E-state index in [1.165, 1.54) is 0 Å². The van der Waals surface area contributed by atoms with Crippen molar-refractivity contribution in [1.82, 2.24) is 4.72 Å². The summed E-state index contributed by atoms with van der Waals surface area (Å²) in [5, 5.41) is 0. The second kappa shape index (κ2) is 3.64. The van der Waals surface area contributed by atoms with Gasteiger partial charge in [0.15, 0.2) is 0 Å². The van der Waals surface area contributed by atoms with Crippen LogP contribution in [0.4, 0.5) is 0 Å². The van der Waals surface area contributed by atoms with Crippen LogP contribution in [-0.2, 0) is 13.7 Å². The van der Waals surface area contributed by atoms with Crippen molar-refractivity contribution in [1.29, 1.82) is 0 Å². The number of hydrogen-bond acceptors (Lipinski definition) is 5. The summed E-state index contributed by atoms with van der Waals surface area (Å²) in [6.07, 6.45) is 0. The van der Waals surface area contributed by atoms with Crippen molar-refractivity contribution in [3.05, 3.63) is 0 Å². The minimum absolute atomic E-state index is 0.257. The van der Waals surface area contributed by atoms with Crippen LogP contribution in [0.2, 0.25) is 0 Å². The Hall–Kier alpha value is -0.260. The maximum Gasteiger partial charge on any atom is 0.327 e. The molecule has 0 spiro atoms. The summed E-state index contributed by atoms with van der Waals surface area (Å²) in [6, 6.07) is -0.325. The van der Waals surface area contributed by atoms with Crippen molar-refractivity contribution in [2.45, 2.75) is 32.4 Å². The zero-order valence-electron chi connectivity index (χ0n) is 7.42. The molecule has 1 unspecified atom stereocenters. The maximum atomic E-state index is 11.3. The van der Waals surface area contributed by atoms with Gasteiger partial charge in [-0.05, 0) is 20.8 Å². The number of ether oxygens (including phenoxy) is 1. The summed E-state index contributed by atoms with van der Waals surface area (Å²) in [6.45, 7) is 5.90. The van der Waals surface area contributed by atoms with Crippen LogP contribution in [0.1, 0.15) is 20.8 Å². The fraction of sp³-hybridized carbons (Fsp3) is 0.857. The Balaban J connectivity index is 2.37. The summed E-state index contributed by atoms with van der Waals surface area (Å²) in [7, 11) is 0. The van der Waals surface area contributed by atoms with Crippen LogP contribution >= 0.6 is 12.2 Å². The third-order valence-electron chi connectivity index (χ3n) is 1.18. The van der Waals surface area contributed by atoms with Crippen molar-refractivity contribution >= 4 is 18.2 Å². The first kappa shape index (κ1) is 9.83. The molecule has 12 heavy (non-hydrogen) atoms. The van der Waals surface area contributed by atoms with Crippen LogP contribution in [-0.4, -0.2) is 24.2 Å². The van der Waals surface area contributed by atoms with E-state index in [0.29, 0.717) is 6.61 Å². The van der Waals surface area contributed by atoms with Gasteiger partial charge < -0.3 is 4.74 Å². The molecule has 1 rings (SSSR count). The number of hydrogen-bond donors (Lipinski definition) is 1. The van der Waals surface area contributed by atoms with Crippen molar-refractivity contribution in [2.24, 2.45) is 0 Å². The highest BCUT2D eigenvalue weighted by molar-refractivity contribution is 7.92. The summed E-state index contributed by atoms with van der Waals surface area (Å²) in [5.74, 6) is -0.257. The first-order valence-electron chi connectivity index (χ1n) is 3.76. The molecule has 0 radical (unpaired) electrons. The third kappa shape index (κ3) is 3.00. The molecule has 4 nitrogen and oxygen atoms in total. The lowest BCUT2D eigenvalue weighted by molar-refractivity contribution is -0.157. The van der Waals surface area contributed by atoms with Gasteiger partial charge in [0, 0.05) is 0 Å². The SMILES string of the molecule is CC(C)(C)OC(=O)C1COSN1. The molecular weight excluding hydrogens is 178 g/mol. The Bertz CT molecular complexity index is 172. The van der Waals surface area contributed by atoms with Gasteiger partial charge in [0.05, 0.1) is 18.8 Å². The van der Waals surface area contributed by atoms with Gasteiger partial charge in [-0.3, -0.25) is 8.98 Å². The fourth-order valence-electron chi connectivity index (χ4n) is 0.717. The average molecular weight is 191 g/mol. The third-order valence-corrected chi connectivity index (χ3v) is 1.81. The van der Waals surface area contributed by atoms with Gasteiger partial charge in [0.25, 0.3) is 0 Å². The molecule has 0 amide bonds. The highest BCUT2D eigenvalue weighted by Gasteiger charge is 2.28. The van der Waals surface area contributed by atoms with Crippen LogP contribution in [0, 0.1) is 0 Å². The first-order valence-corrected chi connectivity index (χ1v) is 4.50. The van der Waals surface area contributed by atoms with Gasteiger partial charge >= 0.3 is 5.97 Å². The van der Waals surface area contributed by atoms with Gasteiger partial charge in [0.1, 0.15) is 11.6 Å². The van der Waals surface area contributed by atoms with Gasteiger partial charge in [0.2, 0.25) is 0 Å². The molecule has 1 N–H and O–H groups in total. The van der Waals surface area contributed by atoms with Gasteiger partial charge in [-0.15, -0.1) is 0 Å². The predicted molar refractivity (Wildman–Crippen MR) is 46.3 cm³/mol. The molecule has 1 aliphatic rings. The number of esters is 1. The summed E-state index contributed by atoms with van der Waals surface area (Å²) in [5.41, 5.74) is -0.425. The van der Waals surface area contributed by atoms with Crippen LogP contribution in [0.15, 0.2) is 0 Å². The Morgan fingerprint density at radius 1 is 1.67 bits per heavy atom.